The van der Waals surface area contributed by atoms with Crippen molar-refractivity contribution in [2.45, 2.75) is 51.5 Å². The molecule has 1 aliphatic heterocycles. The molecular formula is C29H32N2O4. The van der Waals surface area contributed by atoms with Crippen molar-refractivity contribution in [2.24, 2.45) is 5.92 Å². The highest BCUT2D eigenvalue weighted by Gasteiger charge is 2.25. The maximum absolute atomic E-state index is 13.0. The summed E-state index contributed by atoms with van der Waals surface area (Å²) in [5, 5.41) is 3.04. The van der Waals surface area contributed by atoms with E-state index in [0.29, 0.717) is 43.2 Å². The Balaban J connectivity index is 1.24. The number of carbonyl (C=O) groups is 2. The SMILES string of the molecule is COc1cccc(C(=O)N2CCc3oc(-c4cccc(NC(=O)CCC5CCCC5)c4)cc3C2)c1. The third-order valence-corrected chi connectivity index (χ3v) is 7.16. The van der Waals surface area contributed by atoms with E-state index in [2.05, 4.69) is 5.32 Å². The van der Waals surface area contributed by atoms with Crippen LogP contribution in [0, 0.1) is 5.92 Å². The van der Waals surface area contributed by atoms with E-state index in [1.807, 2.05) is 53.4 Å². The fraction of sp³-hybridized carbons (Fsp3) is 0.379. The number of hydrogen-bond donors (Lipinski definition) is 1. The van der Waals surface area contributed by atoms with Crippen LogP contribution in [0.4, 0.5) is 5.69 Å². The van der Waals surface area contributed by atoms with Crippen LogP contribution in [0.5, 0.6) is 5.75 Å². The normalized spacial score (nSPS) is 15.6. The van der Waals surface area contributed by atoms with Crippen LogP contribution in [0.25, 0.3) is 11.3 Å². The molecule has 0 saturated heterocycles. The van der Waals surface area contributed by atoms with Crippen molar-refractivity contribution in [3.8, 4) is 17.1 Å². The zero-order chi connectivity index (χ0) is 24.2. The first-order valence-electron chi connectivity index (χ1n) is 12.5. The Morgan fingerprint density at radius 1 is 1.09 bits per heavy atom. The summed E-state index contributed by atoms with van der Waals surface area (Å²) < 4.78 is 11.4. The third kappa shape index (κ3) is 5.42. The summed E-state index contributed by atoms with van der Waals surface area (Å²) in [6, 6.07) is 17.0. The molecule has 1 aromatic heterocycles. The van der Waals surface area contributed by atoms with Gasteiger partial charge in [0, 0.05) is 48.3 Å². The van der Waals surface area contributed by atoms with E-state index in [4.69, 9.17) is 9.15 Å². The molecule has 6 nitrogen and oxygen atoms in total. The van der Waals surface area contributed by atoms with Gasteiger partial charge in [-0.1, -0.05) is 43.9 Å². The monoisotopic (exact) mass is 472 g/mol. The lowest BCUT2D eigenvalue weighted by Crippen LogP contribution is -2.35. The molecule has 0 atom stereocenters. The molecule has 2 aromatic carbocycles. The predicted octanol–water partition coefficient (Wildman–Crippen LogP) is 6.06. The van der Waals surface area contributed by atoms with Crippen LogP contribution in [0.3, 0.4) is 0 Å². The minimum absolute atomic E-state index is 0.0142. The van der Waals surface area contributed by atoms with Gasteiger partial charge in [0.1, 0.15) is 17.3 Å². The first-order valence-corrected chi connectivity index (χ1v) is 12.5. The lowest BCUT2D eigenvalue weighted by atomic mass is 10.0. The van der Waals surface area contributed by atoms with Gasteiger partial charge >= 0.3 is 0 Å². The number of nitrogens with one attached hydrogen (secondary N) is 1. The number of rotatable bonds is 7. The summed E-state index contributed by atoms with van der Waals surface area (Å²) in [5.74, 6) is 3.11. The summed E-state index contributed by atoms with van der Waals surface area (Å²) >= 11 is 0. The van der Waals surface area contributed by atoms with Crippen molar-refractivity contribution < 1.29 is 18.7 Å². The summed E-state index contributed by atoms with van der Waals surface area (Å²) in [4.78, 5) is 27.3. The predicted molar refractivity (Wildman–Crippen MR) is 135 cm³/mol. The van der Waals surface area contributed by atoms with Crippen LogP contribution in [-0.4, -0.2) is 30.4 Å². The van der Waals surface area contributed by atoms with E-state index in [1.54, 1.807) is 13.2 Å². The molecule has 0 spiro atoms. The molecular weight excluding hydrogens is 440 g/mol. The van der Waals surface area contributed by atoms with E-state index < -0.39 is 0 Å². The van der Waals surface area contributed by atoms with Gasteiger partial charge in [0.2, 0.25) is 5.91 Å². The van der Waals surface area contributed by atoms with Crippen molar-refractivity contribution in [1.29, 1.82) is 0 Å². The highest BCUT2D eigenvalue weighted by Crippen LogP contribution is 2.32. The van der Waals surface area contributed by atoms with Gasteiger partial charge < -0.3 is 19.4 Å². The number of carbonyl (C=O) groups excluding carboxylic acids is 2. The molecule has 2 amide bonds. The average molecular weight is 473 g/mol. The van der Waals surface area contributed by atoms with Gasteiger partial charge in [-0.15, -0.1) is 0 Å². The van der Waals surface area contributed by atoms with Gasteiger partial charge in [-0.2, -0.15) is 0 Å². The number of amides is 2. The van der Waals surface area contributed by atoms with Crippen LogP contribution in [-0.2, 0) is 17.8 Å². The van der Waals surface area contributed by atoms with Gasteiger partial charge in [0.15, 0.2) is 0 Å². The van der Waals surface area contributed by atoms with Crippen LogP contribution in [0.1, 0.15) is 60.2 Å². The van der Waals surface area contributed by atoms with E-state index >= 15 is 0 Å². The first kappa shape index (κ1) is 23.2. The number of ether oxygens (including phenoxy) is 1. The fourth-order valence-corrected chi connectivity index (χ4v) is 5.20. The zero-order valence-electron chi connectivity index (χ0n) is 20.2. The Hall–Kier alpha value is -3.54. The summed E-state index contributed by atoms with van der Waals surface area (Å²) in [6.07, 6.45) is 7.33. The Morgan fingerprint density at radius 2 is 1.91 bits per heavy atom. The highest BCUT2D eigenvalue weighted by molar-refractivity contribution is 5.95. The number of anilines is 1. The van der Waals surface area contributed by atoms with Gasteiger partial charge in [0.05, 0.1) is 7.11 Å². The largest absolute Gasteiger partial charge is 0.497 e. The topological polar surface area (TPSA) is 71.8 Å². The number of fused-ring (bicyclic) bond motifs is 1. The Morgan fingerprint density at radius 3 is 2.74 bits per heavy atom. The van der Waals surface area contributed by atoms with E-state index in [9.17, 15) is 9.59 Å². The molecule has 1 fully saturated rings. The number of benzene rings is 2. The number of hydrogen-bond acceptors (Lipinski definition) is 4. The van der Waals surface area contributed by atoms with Crippen LogP contribution in [0.2, 0.25) is 0 Å². The molecule has 3 aromatic rings. The number of methoxy groups -OCH3 is 1. The molecule has 2 aliphatic rings. The van der Waals surface area contributed by atoms with Crippen LogP contribution < -0.4 is 10.1 Å². The van der Waals surface area contributed by atoms with Gasteiger partial charge in [-0.25, -0.2) is 0 Å². The molecule has 6 heteroatoms. The standard InChI is InChI=1S/C29H32N2O4/c1-34-25-11-5-9-22(17-25)29(33)31-15-14-26-23(19-31)18-27(35-26)21-8-4-10-24(16-21)30-28(32)13-12-20-6-2-3-7-20/h4-5,8-11,16-18,20H,2-3,6-7,12-15,19H2,1H3,(H,30,32). The van der Waals surface area contributed by atoms with E-state index in [-0.39, 0.29) is 11.8 Å². The maximum atomic E-state index is 13.0. The molecule has 0 unspecified atom stereocenters. The second kappa shape index (κ2) is 10.4. The van der Waals surface area contributed by atoms with Crippen molar-refractivity contribution >= 4 is 17.5 Å². The lowest BCUT2D eigenvalue weighted by Gasteiger charge is -2.26. The van der Waals surface area contributed by atoms with Crippen molar-refractivity contribution in [2.75, 3.05) is 19.0 Å². The van der Waals surface area contributed by atoms with E-state index in [1.165, 1.54) is 25.7 Å². The molecule has 5 rings (SSSR count). The molecule has 0 bridgehead atoms. The highest BCUT2D eigenvalue weighted by atomic mass is 16.5. The van der Waals surface area contributed by atoms with Gasteiger partial charge in [-0.3, -0.25) is 9.59 Å². The Labute approximate surface area is 206 Å². The second-order valence-electron chi connectivity index (χ2n) is 9.59. The molecule has 2 heterocycles. The van der Waals surface area contributed by atoms with Crippen molar-refractivity contribution in [1.82, 2.24) is 4.90 Å². The number of furan rings is 1. The van der Waals surface area contributed by atoms with Gasteiger partial charge in [-0.05, 0) is 48.7 Å². The van der Waals surface area contributed by atoms with Crippen molar-refractivity contribution in [3.05, 3.63) is 71.5 Å². The van der Waals surface area contributed by atoms with Gasteiger partial charge in [0.25, 0.3) is 5.91 Å². The Bertz CT molecular complexity index is 1210. The summed E-state index contributed by atoms with van der Waals surface area (Å²) in [5.41, 5.74) is 3.34. The minimum Gasteiger partial charge on any atom is -0.497 e. The minimum atomic E-state index is -0.0142. The zero-order valence-corrected chi connectivity index (χ0v) is 20.2. The lowest BCUT2D eigenvalue weighted by molar-refractivity contribution is -0.116. The summed E-state index contributed by atoms with van der Waals surface area (Å²) in [7, 11) is 1.60. The second-order valence-corrected chi connectivity index (χ2v) is 9.59. The first-order chi connectivity index (χ1) is 17.1. The smallest absolute Gasteiger partial charge is 0.254 e. The molecule has 182 valence electrons. The number of nitrogens with zero attached hydrogens (tertiary/aromatic N) is 1. The molecule has 1 saturated carbocycles. The van der Waals surface area contributed by atoms with Crippen LogP contribution >= 0.6 is 0 Å². The van der Waals surface area contributed by atoms with E-state index in [0.717, 1.165) is 34.8 Å². The Kier molecular flexibility index (Phi) is 6.89. The summed E-state index contributed by atoms with van der Waals surface area (Å²) in [6.45, 7) is 1.11. The third-order valence-electron chi connectivity index (χ3n) is 7.16. The molecule has 0 radical (unpaired) electrons. The molecule has 35 heavy (non-hydrogen) atoms. The average Bonchev–Trinajstić information content (AvgIpc) is 3.57. The van der Waals surface area contributed by atoms with Crippen LogP contribution in [0.15, 0.2) is 59.0 Å². The quantitative estimate of drug-likeness (QED) is 0.454. The van der Waals surface area contributed by atoms with Crippen molar-refractivity contribution in [3.63, 3.8) is 0 Å². The molecule has 1 aliphatic carbocycles. The fourth-order valence-electron chi connectivity index (χ4n) is 5.20. The molecule has 1 N–H and O–H groups in total. The maximum Gasteiger partial charge on any atom is 0.254 e.